The van der Waals surface area contributed by atoms with Gasteiger partial charge in [-0.25, -0.2) is 13.8 Å². The van der Waals surface area contributed by atoms with E-state index in [4.69, 9.17) is 0 Å². The Labute approximate surface area is 184 Å². The number of hydrogen-bond donors (Lipinski definition) is 0. The Morgan fingerprint density at radius 2 is 1.47 bits per heavy atom. The topological polar surface area (TPSA) is 58.4 Å². The Balaban J connectivity index is 1.35. The molecule has 3 aromatic rings. The van der Waals surface area contributed by atoms with Crippen molar-refractivity contribution in [3.05, 3.63) is 59.9 Å². The molecule has 0 bridgehead atoms. The lowest BCUT2D eigenvalue weighted by molar-refractivity contribution is -0.0494. The molecule has 2 aromatic heterocycles. The number of benzene rings is 1. The number of halogens is 2. The average Bonchev–Trinajstić information content (AvgIpc) is 3.48. The maximum atomic E-state index is 13.4. The molecule has 0 saturated carbocycles. The average molecular weight is 438 g/mol. The first-order valence-electron chi connectivity index (χ1n) is 11.0. The van der Waals surface area contributed by atoms with Gasteiger partial charge >= 0.3 is 0 Å². The molecule has 2 aliphatic heterocycles. The standard InChI is InChI=1S/C24H24F2N4O2/c25-24(26)8-13-29(14-9-24)23(32)19-15-18-7-12-30(21(18)27-16-19)20-5-3-17(4-6-20)22(31)28-10-1-2-11-28/h3-7,12,15-16H,1-2,8-11,13-14H2. The fourth-order valence-electron chi connectivity index (χ4n) is 4.44. The third-order valence-electron chi connectivity index (χ3n) is 6.34. The fourth-order valence-corrected chi connectivity index (χ4v) is 4.44. The zero-order valence-corrected chi connectivity index (χ0v) is 17.6. The van der Waals surface area contributed by atoms with E-state index >= 15 is 0 Å². The van der Waals surface area contributed by atoms with Crippen LogP contribution in [-0.2, 0) is 0 Å². The molecule has 2 amide bonds. The first-order valence-corrected chi connectivity index (χ1v) is 11.0. The van der Waals surface area contributed by atoms with Gasteiger partial charge in [-0.1, -0.05) is 0 Å². The van der Waals surface area contributed by atoms with Crippen molar-refractivity contribution < 1.29 is 18.4 Å². The lowest BCUT2D eigenvalue weighted by Crippen LogP contribution is -2.42. The molecule has 2 saturated heterocycles. The number of rotatable bonds is 3. The van der Waals surface area contributed by atoms with Crippen LogP contribution in [0.15, 0.2) is 48.8 Å². The molecule has 2 aliphatic rings. The zero-order chi connectivity index (χ0) is 22.3. The van der Waals surface area contributed by atoms with Gasteiger partial charge in [0, 0.05) is 68.1 Å². The predicted molar refractivity (Wildman–Crippen MR) is 116 cm³/mol. The maximum Gasteiger partial charge on any atom is 0.255 e. The molecule has 0 atom stereocenters. The number of hydrogen-bond acceptors (Lipinski definition) is 3. The molecule has 4 heterocycles. The minimum Gasteiger partial charge on any atom is -0.339 e. The van der Waals surface area contributed by atoms with Crippen LogP contribution >= 0.6 is 0 Å². The van der Waals surface area contributed by atoms with Crippen LogP contribution in [-0.4, -0.2) is 63.3 Å². The Morgan fingerprint density at radius 1 is 0.844 bits per heavy atom. The summed E-state index contributed by atoms with van der Waals surface area (Å²) in [6.45, 7) is 1.72. The van der Waals surface area contributed by atoms with Crippen molar-refractivity contribution in [2.24, 2.45) is 0 Å². The van der Waals surface area contributed by atoms with Crippen molar-refractivity contribution in [2.75, 3.05) is 26.2 Å². The molecular weight excluding hydrogens is 414 g/mol. The van der Waals surface area contributed by atoms with Crippen LogP contribution < -0.4 is 0 Å². The number of alkyl halides is 2. The summed E-state index contributed by atoms with van der Waals surface area (Å²) >= 11 is 0. The molecule has 32 heavy (non-hydrogen) atoms. The highest BCUT2D eigenvalue weighted by molar-refractivity contribution is 5.97. The normalized spacial score (nSPS) is 18.3. The van der Waals surface area contributed by atoms with Crippen molar-refractivity contribution in [3.8, 4) is 5.69 Å². The fraction of sp³-hybridized carbons (Fsp3) is 0.375. The molecule has 0 N–H and O–H groups in total. The van der Waals surface area contributed by atoms with E-state index in [0.29, 0.717) is 16.8 Å². The van der Waals surface area contributed by atoms with Crippen molar-refractivity contribution in [1.29, 1.82) is 0 Å². The van der Waals surface area contributed by atoms with Gasteiger partial charge in [0.1, 0.15) is 5.65 Å². The zero-order valence-electron chi connectivity index (χ0n) is 17.6. The molecule has 0 aliphatic carbocycles. The highest BCUT2D eigenvalue weighted by atomic mass is 19.3. The van der Waals surface area contributed by atoms with E-state index in [9.17, 15) is 18.4 Å². The summed E-state index contributed by atoms with van der Waals surface area (Å²) in [5.41, 5.74) is 2.61. The van der Waals surface area contributed by atoms with E-state index in [1.165, 1.54) is 11.1 Å². The van der Waals surface area contributed by atoms with Gasteiger partial charge in [0.05, 0.1) is 5.56 Å². The second-order valence-corrected chi connectivity index (χ2v) is 8.52. The van der Waals surface area contributed by atoms with Crippen LogP contribution in [0, 0.1) is 0 Å². The van der Waals surface area contributed by atoms with Gasteiger partial charge in [0.2, 0.25) is 0 Å². The highest BCUT2D eigenvalue weighted by Gasteiger charge is 2.35. The number of aromatic nitrogens is 2. The first kappa shape index (κ1) is 20.6. The lowest BCUT2D eigenvalue weighted by atomic mass is 10.1. The van der Waals surface area contributed by atoms with E-state index in [2.05, 4.69) is 4.98 Å². The Morgan fingerprint density at radius 3 is 2.16 bits per heavy atom. The molecule has 5 rings (SSSR count). The summed E-state index contributed by atoms with van der Waals surface area (Å²) in [6.07, 6.45) is 4.87. The molecule has 2 fully saturated rings. The predicted octanol–water partition coefficient (Wildman–Crippen LogP) is 4.13. The molecule has 6 nitrogen and oxygen atoms in total. The van der Waals surface area contributed by atoms with Crippen LogP contribution in [0.1, 0.15) is 46.4 Å². The Hall–Kier alpha value is -3.29. The van der Waals surface area contributed by atoms with Gasteiger partial charge in [0.25, 0.3) is 17.7 Å². The van der Waals surface area contributed by atoms with Crippen molar-refractivity contribution in [2.45, 2.75) is 31.6 Å². The summed E-state index contributed by atoms with van der Waals surface area (Å²) in [7, 11) is 0. The van der Waals surface area contributed by atoms with Gasteiger partial charge in [-0.05, 0) is 49.2 Å². The van der Waals surface area contributed by atoms with Crippen molar-refractivity contribution >= 4 is 22.8 Å². The van der Waals surface area contributed by atoms with Crippen molar-refractivity contribution in [3.63, 3.8) is 0 Å². The molecule has 0 radical (unpaired) electrons. The number of carbonyl (C=O) groups is 2. The minimum absolute atomic E-state index is 0.0490. The summed E-state index contributed by atoms with van der Waals surface area (Å²) < 4.78 is 28.7. The number of carbonyl (C=O) groups excluding carboxylic acids is 2. The monoisotopic (exact) mass is 438 g/mol. The molecule has 166 valence electrons. The minimum atomic E-state index is -2.69. The van der Waals surface area contributed by atoms with Gasteiger partial charge in [0.15, 0.2) is 0 Å². The van der Waals surface area contributed by atoms with Crippen LogP contribution in [0.2, 0.25) is 0 Å². The number of pyridine rings is 1. The summed E-state index contributed by atoms with van der Waals surface area (Å²) in [4.78, 5) is 33.1. The van der Waals surface area contributed by atoms with Crippen LogP contribution in [0.3, 0.4) is 0 Å². The number of fused-ring (bicyclic) bond motifs is 1. The molecule has 0 spiro atoms. The van der Waals surface area contributed by atoms with Gasteiger partial charge in [-0.2, -0.15) is 0 Å². The number of amides is 2. The van der Waals surface area contributed by atoms with Crippen LogP contribution in [0.4, 0.5) is 8.78 Å². The summed E-state index contributed by atoms with van der Waals surface area (Å²) in [5.74, 6) is -2.90. The van der Waals surface area contributed by atoms with E-state index < -0.39 is 5.92 Å². The van der Waals surface area contributed by atoms with Crippen LogP contribution in [0.25, 0.3) is 16.7 Å². The molecule has 8 heteroatoms. The van der Waals surface area contributed by atoms with Gasteiger partial charge in [-0.15, -0.1) is 0 Å². The second-order valence-electron chi connectivity index (χ2n) is 8.52. The van der Waals surface area contributed by atoms with E-state index in [1.807, 2.05) is 46.0 Å². The molecular formula is C24H24F2N4O2. The Bertz CT molecular complexity index is 1160. The summed E-state index contributed by atoms with van der Waals surface area (Å²) in [6, 6.07) is 11.0. The molecule has 1 aromatic carbocycles. The first-order chi connectivity index (χ1) is 15.4. The SMILES string of the molecule is O=C(c1ccc(-n2ccc3cc(C(=O)N4CCC(F)(F)CC4)cnc32)cc1)N1CCCC1. The second kappa shape index (κ2) is 8.00. The highest BCUT2D eigenvalue weighted by Crippen LogP contribution is 2.29. The lowest BCUT2D eigenvalue weighted by Gasteiger charge is -2.31. The number of piperidine rings is 1. The van der Waals surface area contributed by atoms with Crippen molar-refractivity contribution in [1.82, 2.24) is 19.4 Å². The van der Waals surface area contributed by atoms with E-state index in [0.717, 1.165) is 37.0 Å². The van der Waals surface area contributed by atoms with Crippen LogP contribution in [0.5, 0.6) is 0 Å². The Kier molecular flexibility index (Phi) is 5.15. The third kappa shape index (κ3) is 3.85. The largest absolute Gasteiger partial charge is 0.339 e. The van der Waals surface area contributed by atoms with E-state index in [1.54, 1.807) is 6.07 Å². The van der Waals surface area contributed by atoms with Gasteiger partial charge < -0.3 is 14.4 Å². The number of likely N-dealkylation sites (tertiary alicyclic amines) is 2. The summed E-state index contributed by atoms with van der Waals surface area (Å²) in [5, 5.41) is 0.787. The smallest absolute Gasteiger partial charge is 0.255 e. The van der Waals surface area contributed by atoms with Gasteiger partial charge in [-0.3, -0.25) is 9.59 Å². The third-order valence-corrected chi connectivity index (χ3v) is 6.34. The maximum absolute atomic E-state index is 13.4. The number of nitrogens with zero attached hydrogens (tertiary/aromatic N) is 4. The molecule has 0 unspecified atom stereocenters. The quantitative estimate of drug-likeness (QED) is 0.618. The van der Waals surface area contributed by atoms with E-state index in [-0.39, 0.29) is 37.7 Å².